The van der Waals surface area contributed by atoms with Gasteiger partial charge in [0.2, 0.25) is 0 Å². The van der Waals surface area contributed by atoms with Gasteiger partial charge in [-0.3, -0.25) is 0 Å². The third-order valence-electron chi connectivity index (χ3n) is 3.62. The van der Waals surface area contributed by atoms with E-state index in [2.05, 4.69) is 42.7 Å². The maximum atomic E-state index is 5.37. The topological polar surface area (TPSA) is 26.6 Å². The first kappa shape index (κ1) is 13.7. The van der Waals surface area contributed by atoms with Crippen LogP contribution in [0.2, 0.25) is 0 Å². The zero-order valence-electron chi connectivity index (χ0n) is 12.3. The average molecular weight is 262 g/mol. The standard InChI is InChI=1S/C15H22N2O2/c1-11(16(2)3)10-17-7-6-12-8-14(18-4)15(19-5)9-13(12)17/h6-9,11H,10H2,1-5H3/t11-/m1/s1. The van der Waals surface area contributed by atoms with Gasteiger partial charge in [-0.2, -0.15) is 0 Å². The molecule has 0 saturated carbocycles. The number of benzene rings is 1. The van der Waals surface area contributed by atoms with Crippen LogP contribution in [0.25, 0.3) is 10.9 Å². The van der Waals surface area contributed by atoms with Crippen molar-refractivity contribution in [1.29, 1.82) is 0 Å². The van der Waals surface area contributed by atoms with Crippen molar-refractivity contribution in [3.63, 3.8) is 0 Å². The molecule has 0 aliphatic rings. The first-order valence-electron chi connectivity index (χ1n) is 6.44. The Morgan fingerprint density at radius 1 is 1.16 bits per heavy atom. The average Bonchev–Trinajstić information content (AvgIpc) is 2.79. The number of hydrogen-bond acceptors (Lipinski definition) is 3. The number of methoxy groups -OCH3 is 2. The molecule has 0 radical (unpaired) electrons. The van der Waals surface area contributed by atoms with Crippen LogP contribution in [0.1, 0.15) is 6.92 Å². The Labute approximate surface area is 114 Å². The first-order valence-corrected chi connectivity index (χ1v) is 6.44. The van der Waals surface area contributed by atoms with Crippen molar-refractivity contribution in [1.82, 2.24) is 9.47 Å². The van der Waals surface area contributed by atoms with Gasteiger partial charge in [0, 0.05) is 30.2 Å². The fourth-order valence-electron chi connectivity index (χ4n) is 2.12. The number of fused-ring (bicyclic) bond motifs is 1. The van der Waals surface area contributed by atoms with Crippen LogP contribution < -0.4 is 9.47 Å². The minimum absolute atomic E-state index is 0.476. The van der Waals surface area contributed by atoms with E-state index in [0.29, 0.717) is 6.04 Å². The van der Waals surface area contributed by atoms with Crippen molar-refractivity contribution in [3.05, 3.63) is 24.4 Å². The van der Waals surface area contributed by atoms with Gasteiger partial charge < -0.3 is 18.9 Å². The summed E-state index contributed by atoms with van der Waals surface area (Å²) in [4.78, 5) is 2.21. The second-order valence-electron chi connectivity index (χ2n) is 5.05. The van der Waals surface area contributed by atoms with E-state index >= 15 is 0 Å². The number of ether oxygens (including phenoxy) is 2. The summed E-state index contributed by atoms with van der Waals surface area (Å²) >= 11 is 0. The zero-order chi connectivity index (χ0) is 14.0. The largest absolute Gasteiger partial charge is 0.493 e. The molecule has 19 heavy (non-hydrogen) atoms. The van der Waals surface area contributed by atoms with Crippen LogP contribution in [0.5, 0.6) is 11.5 Å². The summed E-state index contributed by atoms with van der Waals surface area (Å²) in [5, 5.41) is 1.17. The quantitative estimate of drug-likeness (QED) is 0.828. The molecule has 2 aromatic rings. The predicted molar refractivity (Wildman–Crippen MR) is 78.2 cm³/mol. The molecule has 0 saturated heterocycles. The molecule has 0 aliphatic heterocycles. The second kappa shape index (κ2) is 5.53. The Balaban J connectivity index is 2.41. The van der Waals surface area contributed by atoms with Crippen LogP contribution in [0.4, 0.5) is 0 Å². The summed E-state index contributed by atoms with van der Waals surface area (Å²) in [6.07, 6.45) is 2.11. The van der Waals surface area contributed by atoms with Crippen LogP contribution in [0, 0.1) is 0 Å². The summed E-state index contributed by atoms with van der Waals surface area (Å²) in [7, 11) is 7.52. The van der Waals surface area contributed by atoms with Crippen LogP contribution in [-0.4, -0.2) is 43.8 Å². The van der Waals surface area contributed by atoms with Gasteiger partial charge in [-0.05, 0) is 33.2 Å². The van der Waals surface area contributed by atoms with Crippen LogP contribution in [0.15, 0.2) is 24.4 Å². The van der Waals surface area contributed by atoms with E-state index in [9.17, 15) is 0 Å². The molecule has 1 aromatic heterocycles. The van der Waals surface area contributed by atoms with E-state index in [0.717, 1.165) is 18.0 Å². The van der Waals surface area contributed by atoms with E-state index in [1.54, 1.807) is 14.2 Å². The molecular formula is C15H22N2O2. The van der Waals surface area contributed by atoms with Crippen LogP contribution >= 0.6 is 0 Å². The maximum Gasteiger partial charge on any atom is 0.162 e. The van der Waals surface area contributed by atoms with Gasteiger partial charge in [0.1, 0.15) is 0 Å². The van der Waals surface area contributed by atoms with Crippen molar-refractivity contribution in [2.24, 2.45) is 0 Å². The molecule has 0 amide bonds. The molecule has 0 aliphatic carbocycles. The molecule has 2 rings (SSSR count). The molecular weight excluding hydrogens is 240 g/mol. The van der Waals surface area contributed by atoms with Gasteiger partial charge in [-0.15, -0.1) is 0 Å². The smallest absolute Gasteiger partial charge is 0.162 e. The normalized spacial score (nSPS) is 12.9. The SMILES string of the molecule is COc1cc2ccn(C[C@@H](C)N(C)C)c2cc1OC. The van der Waals surface area contributed by atoms with E-state index in [4.69, 9.17) is 9.47 Å². The zero-order valence-corrected chi connectivity index (χ0v) is 12.3. The maximum absolute atomic E-state index is 5.37. The lowest BCUT2D eigenvalue weighted by Crippen LogP contribution is -2.28. The predicted octanol–water partition coefficient (Wildman–Crippen LogP) is 2.61. The van der Waals surface area contributed by atoms with E-state index in [1.807, 2.05) is 12.1 Å². The molecule has 0 bridgehead atoms. The van der Waals surface area contributed by atoms with Crippen molar-refractivity contribution in [3.8, 4) is 11.5 Å². The third-order valence-corrected chi connectivity index (χ3v) is 3.62. The summed E-state index contributed by atoms with van der Waals surface area (Å²) in [5.74, 6) is 1.54. The van der Waals surface area contributed by atoms with Gasteiger partial charge in [0.25, 0.3) is 0 Å². The van der Waals surface area contributed by atoms with Crippen molar-refractivity contribution >= 4 is 10.9 Å². The number of rotatable bonds is 5. The fourth-order valence-corrected chi connectivity index (χ4v) is 2.12. The number of aromatic nitrogens is 1. The lowest BCUT2D eigenvalue weighted by molar-refractivity contribution is 0.286. The molecule has 1 aromatic carbocycles. The highest BCUT2D eigenvalue weighted by molar-refractivity contribution is 5.84. The summed E-state index contributed by atoms with van der Waals surface area (Å²) in [5.41, 5.74) is 1.17. The van der Waals surface area contributed by atoms with Crippen molar-refractivity contribution in [2.45, 2.75) is 19.5 Å². The Kier molecular flexibility index (Phi) is 4.00. The summed E-state index contributed by atoms with van der Waals surface area (Å²) in [6.45, 7) is 3.17. The van der Waals surface area contributed by atoms with Gasteiger partial charge in [-0.25, -0.2) is 0 Å². The summed E-state index contributed by atoms with van der Waals surface area (Å²) < 4.78 is 13.0. The van der Waals surface area contributed by atoms with E-state index in [1.165, 1.54) is 10.9 Å². The fraction of sp³-hybridized carbons (Fsp3) is 0.467. The van der Waals surface area contributed by atoms with Crippen LogP contribution in [0.3, 0.4) is 0 Å². The number of nitrogens with zero attached hydrogens (tertiary/aromatic N) is 2. The Morgan fingerprint density at radius 2 is 1.79 bits per heavy atom. The summed E-state index contributed by atoms with van der Waals surface area (Å²) in [6, 6.07) is 6.64. The monoisotopic (exact) mass is 262 g/mol. The lowest BCUT2D eigenvalue weighted by Gasteiger charge is -2.21. The van der Waals surface area contributed by atoms with E-state index in [-0.39, 0.29) is 0 Å². The first-order chi connectivity index (χ1) is 9.06. The van der Waals surface area contributed by atoms with Crippen LogP contribution in [-0.2, 0) is 6.54 Å². The van der Waals surface area contributed by atoms with Crippen molar-refractivity contribution in [2.75, 3.05) is 28.3 Å². The molecule has 4 heteroatoms. The number of likely N-dealkylation sites (N-methyl/N-ethyl adjacent to an activating group) is 1. The molecule has 0 spiro atoms. The molecule has 0 N–H and O–H groups in total. The Morgan fingerprint density at radius 3 is 2.37 bits per heavy atom. The lowest BCUT2D eigenvalue weighted by atomic mass is 10.2. The van der Waals surface area contributed by atoms with Gasteiger partial charge in [0.15, 0.2) is 11.5 Å². The highest BCUT2D eigenvalue weighted by Gasteiger charge is 2.11. The molecule has 1 atom stereocenters. The van der Waals surface area contributed by atoms with Gasteiger partial charge in [-0.1, -0.05) is 0 Å². The van der Waals surface area contributed by atoms with Gasteiger partial charge >= 0.3 is 0 Å². The highest BCUT2D eigenvalue weighted by Crippen LogP contribution is 2.32. The third kappa shape index (κ3) is 2.68. The Hall–Kier alpha value is -1.68. The molecule has 1 heterocycles. The minimum atomic E-state index is 0.476. The van der Waals surface area contributed by atoms with Crippen molar-refractivity contribution < 1.29 is 9.47 Å². The molecule has 0 unspecified atom stereocenters. The Bertz CT molecular complexity index is 561. The molecule has 104 valence electrons. The minimum Gasteiger partial charge on any atom is -0.493 e. The molecule has 0 fully saturated rings. The number of hydrogen-bond donors (Lipinski definition) is 0. The second-order valence-corrected chi connectivity index (χ2v) is 5.05. The van der Waals surface area contributed by atoms with E-state index < -0.39 is 0 Å². The highest BCUT2D eigenvalue weighted by atomic mass is 16.5. The van der Waals surface area contributed by atoms with Gasteiger partial charge in [0.05, 0.1) is 19.7 Å². The molecule has 4 nitrogen and oxygen atoms in total.